The van der Waals surface area contributed by atoms with Gasteiger partial charge in [-0.25, -0.2) is 9.78 Å². The van der Waals surface area contributed by atoms with Crippen molar-refractivity contribution in [3.05, 3.63) is 74.8 Å². The Bertz CT molecular complexity index is 982. The van der Waals surface area contributed by atoms with Gasteiger partial charge in [0.05, 0.1) is 23.3 Å². The molecule has 2 aromatic carbocycles. The molecule has 0 amide bonds. The van der Waals surface area contributed by atoms with Crippen LogP contribution in [0.5, 0.6) is 5.75 Å². The predicted octanol–water partition coefficient (Wildman–Crippen LogP) is 4.39. The number of aromatic nitrogens is 1. The Labute approximate surface area is 159 Å². The zero-order valence-corrected chi connectivity index (χ0v) is 15.5. The summed E-state index contributed by atoms with van der Waals surface area (Å²) in [6.07, 6.45) is 0. The third-order valence-electron chi connectivity index (χ3n) is 3.81. The lowest BCUT2D eigenvalue weighted by Crippen LogP contribution is -2.06. The summed E-state index contributed by atoms with van der Waals surface area (Å²) >= 11 is 1.46. The first-order valence-corrected chi connectivity index (χ1v) is 8.87. The van der Waals surface area contributed by atoms with Crippen molar-refractivity contribution >= 4 is 23.0 Å². The molecule has 27 heavy (non-hydrogen) atoms. The lowest BCUT2D eigenvalue weighted by atomic mass is 10.2. The molecule has 0 saturated heterocycles. The number of hydrogen-bond acceptors (Lipinski definition) is 7. The number of aryl methyl sites for hydroxylation is 1. The van der Waals surface area contributed by atoms with E-state index in [0.717, 1.165) is 22.2 Å². The van der Waals surface area contributed by atoms with Crippen molar-refractivity contribution in [3.8, 4) is 16.3 Å². The van der Waals surface area contributed by atoms with Gasteiger partial charge in [-0.3, -0.25) is 10.1 Å². The molecule has 0 unspecified atom stereocenters. The Morgan fingerprint density at radius 3 is 2.63 bits per heavy atom. The largest absolute Gasteiger partial charge is 0.490 e. The van der Waals surface area contributed by atoms with E-state index < -0.39 is 10.9 Å². The monoisotopic (exact) mass is 384 g/mol. The molecule has 1 aromatic heterocycles. The molecule has 0 aliphatic heterocycles. The van der Waals surface area contributed by atoms with E-state index in [-0.39, 0.29) is 23.6 Å². The molecule has 0 aliphatic rings. The summed E-state index contributed by atoms with van der Waals surface area (Å²) in [6.45, 7) is 2.00. The lowest BCUT2D eigenvalue weighted by Gasteiger charge is -2.05. The maximum absolute atomic E-state index is 12.2. The highest BCUT2D eigenvalue weighted by Crippen LogP contribution is 2.28. The van der Waals surface area contributed by atoms with Crippen molar-refractivity contribution in [3.63, 3.8) is 0 Å². The SMILES string of the molecule is COc1ccc(C(=O)OCc2csc(-c3ccc(C)cc3)n2)cc1[N+](=O)[O-]. The molecule has 138 valence electrons. The molecule has 0 spiro atoms. The highest BCUT2D eigenvalue weighted by atomic mass is 32.1. The van der Waals surface area contributed by atoms with Gasteiger partial charge in [-0.05, 0) is 19.1 Å². The molecule has 3 aromatic rings. The molecular weight excluding hydrogens is 368 g/mol. The lowest BCUT2D eigenvalue weighted by molar-refractivity contribution is -0.385. The minimum Gasteiger partial charge on any atom is -0.490 e. The Morgan fingerprint density at radius 1 is 1.22 bits per heavy atom. The molecule has 3 rings (SSSR count). The van der Waals surface area contributed by atoms with E-state index in [9.17, 15) is 14.9 Å². The van der Waals surface area contributed by atoms with Crippen molar-refractivity contribution in [2.45, 2.75) is 13.5 Å². The van der Waals surface area contributed by atoms with Crippen LogP contribution >= 0.6 is 11.3 Å². The molecule has 0 saturated carbocycles. The van der Waals surface area contributed by atoms with Crippen molar-refractivity contribution < 1.29 is 19.2 Å². The number of nitrogens with zero attached hydrogens (tertiary/aromatic N) is 2. The van der Waals surface area contributed by atoms with Gasteiger partial charge in [0.25, 0.3) is 0 Å². The van der Waals surface area contributed by atoms with Gasteiger partial charge in [-0.15, -0.1) is 11.3 Å². The van der Waals surface area contributed by atoms with Crippen molar-refractivity contribution in [2.75, 3.05) is 7.11 Å². The standard InChI is InChI=1S/C19H16N2O5S/c1-12-3-5-13(6-4-12)18-20-15(11-27-18)10-26-19(22)14-7-8-17(25-2)16(9-14)21(23)24/h3-9,11H,10H2,1-2H3. The third-order valence-corrected chi connectivity index (χ3v) is 4.75. The van der Waals surface area contributed by atoms with Gasteiger partial charge in [0.1, 0.15) is 11.6 Å². The van der Waals surface area contributed by atoms with Gasteiger partial charge in [-0.2, -0.15) is 0 Å². The normalized spacial score (nSPS) is 10.4. The van der Waals surface area contributed by atoms with Crippen LogP contribution in [0.15, 0.2) is 47.8 Å². The molecular formula is C19H16N2O5S. The summed E-state index contributed by atoms with van der Waals surface area (Å²) in [5.41, 5.74) is 2.57. The van der Waals surface area contributed by atoms with Gasteiger partial charge in [0, 0.05) is 17.0 Å². The number of carbonyl (C=O) groups is 1. The van der Waals surface area contributed by atoms with Gasteiger partial charge in [0.15, 0.2) is 5.75 Å². The zero-order chi connectivity index (χ0) is 19.4. The van der Waals surface area contributed by atoms with Crippen LogP contribution in [0.25, 0.3) is 10.6 Å². The predicted molar refractivity (Wildman–Crippen MR) is 101 cm³/mol. The maximum Gasteiger partial charge on any atom is 0.338 e. The molecule has 8 heteroatoms. The molecule has 0 aliphatic carbocycles. The summed E-state index contributed by atoms with van der Waals surface area (Å²) < 4.78 is 10.2. The molecule has 1 heterocycles. The summed E-state index contributed by atoms with van der Waals surface area (Å²) in [7, 11) is 1.33. The van der Waals surface area contributed by atoms with Crippen molar-refractivity contribution in [1.29, 1.82) is 0 Å². The van der Waals surface area contributed by atoms with Gasteiger partial charge in [0.2, 0.25) is 0 Å². The van der Waals surface area contributed by atoms with E-state index in [2.05, 4.69) is 4.98 Å². The number of rotatable bonds is 6. The first-order valence-electron chi connectivity index (χ1n) is 7.99. The number of carbonyl (C=O) groups excluding carboxylic acids is 1. The van der Waals surface area contributed by atoms with E-state index in [1.807, 2.05) is 36.6 Å². The number of esters is 1. The number of thiazole rings is 1. The summed E-state index contributed by atoms with van der Waals surface area (Å²) in [5, 5.41) is 13.7. The topological polar surface area (TPSA) is 91.6 Å². The maximum atomic E-state index is 12.2. The Kier molecular flexibility index (Phi) is 5.46. The smallest absolute Gasteiger partial charge is 0.338 e. The number of nitro groups is 1. The second-order valence-corrected chi connectivity index (χ2v) is 6.59. The summed E-state index contributed by atoms with van der Waals surface area (Å²) in [4.78, 5) is 27.1. The van der Waals surface area contributed by atoms with Gasteiger partial charge < -0.3 is 9.47 Å². The fraction of sp³-hybridized carbons (Fsp3) is 0.158. The fourth-order valence-corrected chi connectivity index (χ4v) is 3.19. The molecule has 0 bridgehead atoms. The zero-order valence-electron chi connectivity index (χ0n) is 14.7. The molecule has 0 radical (unpaired) electrons. The highest BCUT2D eigenvalue weighted by Gasteiger charge is 2.19. The molecule has 0 N–H and O–H groups in total. The van der Waals surface area contributed by atoms with Crippen LogP contribution in [-0.4, -0.2) is 23.0 Å². The van der Waals surface area contributed by atoms with Crippen LogP contribution in [-0.2, 0) is 11.3 Å². The van der Waals surface area contributed by atoms with Crippen LogP contribution in [0, 0.1) is 17.0 Å². The quantitative estimate of drug-likeness (QED) is 0.355. The van der Waals surface area contributed by atoms with E-state index >= 15 is 0 Å². The summed E-state index contributed by atoms with van der Waals surface area (Å²) in [5.74, 6) is -0.579. The highest BCUT2D eigenvalue weighted by molar-refractivity contribution is 7.13. The van der Waals surface area contributed by atoms with Crippen molar-refractivity contribution in [2.24, 2.45) is 0 Å². The average Bonchev–Trinajstić information content (AvgIpc) is 3.15. The molecule has 7 nitrogen and oxygen atoms in total. The van der Waals surface area contributed by atoms with Gasteiger partial charge >= 0.3 is 11.7 Å². The van der Waals surface area contributed by atoms with Crippen LogP contribution in [0.4, 0.5) is 5.69 Å². The minimum absolute atomic E-state index is 0.0129. The van der Waals surface area contributed by atoms with E-state index in [1.165, 1.54) is 30.6 Å². The van der Waals surface area contributed by atoms with Crippen LogP contribution in [0.3, 0.4) is 0 Å². The van der Waals surface area contributed by atoms with Crippen LogP contribution < -0.4 is 4.74 Å². The second kappa shape index (κ2) is 7.96. The second-order valence-electron chi connectivity index (χ2n) is 5.73. The average molecular weight is 384 g/mol. The Hall–Kier alpha value is -3.26. The number of benzene rings is 2. The van der Waals surface area contributed by atoms with Crippen molar-refractivity contribution in [1.82, 2.24) is 4.98 Å². The first kappa shape index (κ1) is 18.5. The number of nitro benzene ring substituents is 1. The van der Waals surface area contributed by atoms with E-state index in [1.54, 1.807) is 0 Å². The third kappa shape index (κ3) is 4.29. The van der Waals surface area contributed by atoms with E-state index in [0.29, 0.717) is 5.69 Å². The number of methoxy groups -OCH3 is 1. The Morgan fingerprint density at radius 2 is 1.96 bits per heavy atom. The number of hydrogen-bond donors (Lipinski definition) is 0. The minimum atomic E-state index is -0.661. The Balaban J connectivity index is 1.68. The fourth-order valence-electron chi connectivity index (χ4n) is 2.38. The number of ether oxygens (including phenoxy) is 2. The van der Waals surface area contributed by atoms with Crippen LogP contribution in [0.2, 0.25) is 0 Å². The molecule has 0 atom stereocenters. The summed E-state index contributed by atoms with van der Waals surface area (Å²) in [6, 6.07) is 11.9. The van der Waals surface area contributed by atoms with Crippen LogP contribution in [0.1, 0.15) is 21.6 Å². The van der Waals surface area contributed by atoms with Gasteiger partial charge in [-0.1, -0.05) is 29.8 Å². The molecule has 0 fully saturated rings. The van der Waals surface area contributed by atoms with E-state index in [4.69, 9.17) is 9.47 Å². The first-order chi connectivity index (χ1) is 13.0.